The lowest BCUT2D eigenvalue weighted by Gasteiger charge is -2.12. The van der Waals surface area contributed by atoms with E-state index in [0.29, 0.717) is 16.3 Å². The Morgan fingerprint density at radius 1 is 1.04 bits per heavy atom. The molecule has 0 fully saturated rings. The van der Waals surface area contributed by atoms with Crippen LogP contribution in [0.5, 0.6) is 0 Å². The van der Waals surface area contributed by atoms with Crippen molar-refractivity contribution >= 4 is 27.7 Å². The fourth-order valence-corrected chi connectivity index (χ4v) is 2.71. The van der Waals surface area contributed by atoms with Crippen LogP contribution in [0.1, 0.15) is 17.4 Å². The second-order valence-electron chi connectivity index (χ2n) is 4.97. The molecule has 1 heterocycles. The third-order valence-corrected chi connectivity index (χ3v) is 4.05. The highest BCUT2D eigenvalue weighted by Gasteiger charge is 2.31. The smallest absolute Gasteiger partial charge is 0.333 e. The molecule has 0 radical (unpaired) electrons. The summed E-state index contributed by atoms with van der Waals surface area (Å²) in [5.74, 6) is 0.518. The van der Waals surface area contributed by atoms with Crippen molar-refractivity contribution in [1.82, 2.24) is 0 Å². The van der Waals surface area contributed by atoms with Gasteiger partial charge in [0.1, 0.15) is 6.61 Å². The molecular formula is C16H14ClNO5S. The van der Waals surface area contributed by atoms with Crippen LogP contribution in [0.2, 0.25) is 5.02 Å². The van der Waals surface area contributed by atoms with E-state index in [1.54, 1.807) is 24.3 Å². The Morgan fingerprint density at radius 3 is 2.38 bits per heavy atom. The van der Waals surface area contributed by atoms with Gasteiger partial charge < -0.3 is 9.47 Å². The quantitative estimate of drug-likeness (QED) is 0.877. The fourth-order valence-electron chi connectivity index (χ4n) is 2.22. The highest BCUT2D eigenvalue weighted by Crippen LogP contribution is 2.40. The van der Waals surface area contributed by atoms with E-state index < -0.39 is 16.6 Å². The van der Waals surface area contributed by atoms with Gasteiger partial charge in [0.2, 0.25) is 0 Å². The standard InChI is InChI=1S/C16H14ClNO5S/c17-13-9-5-4-8-12(13)15-14(10-21-24(18,19)20)22-16(23-15)11-6-2-1-3-7-11/h1-9,16H,10H2,(H2,18,19,20). The van der Waals surface area contributed by atoms with Crippen LogP contribution in [-0.4, -0.2) is 15.0 Å². The van der Waals surface area contributed by atoms with E-state index in [1.807, 2.05) is 30.3 Å². The van der Waals surface area contributed by atoms with E-state index in [2.05, 4.69) is 4.18 Å². The van der Waals surface area contributed by atoms with Crippen LogP contribution in [0, 0.1) is 0 Å². The molecule has 3 rings (SSSR count). The zero-order chi connectivity index (χ0) is 17.2. The first-order valence-electron chi connectivity index (χ1n) is 6.97. The summed E-state index contributed by atoms with van der Waals surface area (Å²) in [5, 5.41) is 5.32. The average molecular weight is 368 g/mol. The number of halogens is 1. The summed E-state index contributed by atoms with van der Waals surface area (Å²) in [4.78, 5) is 0. The predicted octanol–water partition coefficient (Wildman–Crippen LogP) is 2.97. The lowest BCUT2D eigenvalue weighted by Crippen LogP contribution is -2.17. The minimum Gasteiger partial charge on any atom is -0.449 e. The van der Waals surface area contributed by atoms with Crippen molar-refractivity contribution in [2.24, 2.45) is 5.14 Å². The summed E-state index contributed by atoms with van der Waals surface area (Å²) in [7, 11) is -4.11. The summed E-state index contributed by atoms with van der Waals surface area (Å²) in [6.07, 6.45) is -0.725. The van der Waals surface area contributed by atoms with Crippen LogP contribution in [0.25, 0.3) is 5.76 Å². The first kappa shape index (κ1) is 16.8. The topological polar surface area (TPSA) is 87.9 Å². The molecule has 2 aromatic carbocycles. The Labute approximate surface area is 144 Å². The van der Waals surface area contributed by atoms with E-state index in [0.717, 1.165) is 5.56 Å². The van der Waals surface area contributed by atoms with E-state index in [9.17, 15) is 8.42 Å². The Kier molecular flexibility index (Phi) is 4.77. The van der Waals surface area contributed by atoms with E-state index in [4.69, 9.17) is 26.2 Å². The third-order valence-electron chi connectivity index (χ3n) is 3.27. The van der Waals surface area contributed by atoms with Gasteiger partial charge in [0.05, 0.1) is 5.02 Å². The molecule has 1 unspecified atom stereocenters. The maximum absolute atomic E-state index is 11.1. The SMILES string of the molecule is NS(=O)(=O)OCC1=C(c2ccccc2Cl)OC(c2ccccc2)O1. The van der Waals surface area contributed by atoms with Crippen molar-refractivity contribution in [3.63, 3.8) is 0 Å². The molecule has 0 amide bonds. The zero-order valence-corrected chi connectivity index (χ0v) is 14.0. The molecule has 0 saturated heterocycles. The molecule has 24 heavy (non-hydrogen) atoms. The first-order chi connectivity index (χ1) is 11.4. The summed E-state index contributed by atoms with van der Waals surface area (Å²) in [6, 6.07) is 16.2. The number of benzene rings is 2. The minimum atomic E-state index is -4.11. The maximum Gasteiger partial charge on any atom is 0.333 e. The molecule has 0 saturated carbocycles. The van der Waals surface area contributed by atoms with Crippen LogP contribution in [0.15, 0.2) is 60.4 Å². The molecular weight excluding hydrogens is 354 g/mol. The van der Waals surface area contributed by atoms with Gasteiger partial charge in [-0.2, -0.15) is 8.42 Å². The molecule has 2 N–H and O–H groups in total. The van der Waals surface area contributed by atoms with Gasteiger partial charge in [-0.25, -0.2) is 9.32 Å². The van der Waals surface area contributed by atoms with Crippen molar-refractivity contribution in [1.29, 1.82) is 0 Å². The van der Waals surface area contributed by atoms with Crippen molar-refractivity contribution < 1.29 is 22.1 Å². The van der Waals surface area contributed by atoms with E-state index in [1.165, 1.54) is 0 Å². The van der Waals surface area contributed by atoms with Crippen LogP contribution in [-0.2, 0) is 24.0 Å². The van der Waals surface area contributed by atoms with E-state index >= 15 is 0 Å². The lowest BCUT2D eigenvalue weighted by atomic mass is 10.1. The zero-order valence-electron chi connectivity index (χ0n) is 12.4. The second kappa shape index (κ2) is 6.82. The number of rotatable bonds is 5. The normalized spacial score (nSPS) is 17.5. The van der Waals surface area contributed by atoms with Gasteiger partial charge >= 0.3 is 10.3 Å². The van der Waals surface area contributed by atoms with Crippen LogP contribution < -0.4 is 5.14 Å². The summed E-state index contributed by atoms with van der Waals surface area (Å²) in [6.45, 7) is -0.386. The average Bonchev–Trinajstić information content (AvgIpc) is 2.98. The number of hydrogen-bond acceptors (Lipinski definition) is 5. The van der Waals surface area contributed by atoms with Crippen LogP contribution in [0.4, 0.5) is 0 Å². The largest absolute Gasteiger partial charge is 0.449 e. The molecule has 0 spiro atoms. The molecule has 0 bridgehead atoms. The minimum absolute atomic E-state index is 0.200. The van der Waals surface area contributed by atoms with Gasteiger partial charge in [0.25, 0.3) is 6.29 Å². The summed E-state index contributed by atoms with van der Waals surface area (Å²) < 4.78 is 38.3. The molecule has 1 aliphatic heterocycles. The molecule has 1 atom stereocenters. The van der Waals surface area contributed by atoms with E-state index in [-0.39, 0.29) is 12.4 Å². The number of nitrogens with two attached hydrogens (primary N) is 1. The van der Waals surface area contributed by atoms with Gasteiger partial charge in [-0.05, 0) is 12.1 Å². The highest BCUT2D eigenvalue weighted by molar-refractivity contribution is 7.84. The third kappa shape index (κ3) is 3.88. The van der Waals surface area contributed by atoms with Crippen molar-refractivity contribution in [3.8, 4) is 0 Å². The molecule has 6 nitrogen and oxygen atoms in total. The molecule has 8 heteroatoms. The molecule has 2 aromatic rings. The monoisotopic (exact) mass is 367 g/mol. The number of ether oxygens (including phenoxy) is 2. The van der Waals surface area contributed by atoms with Gasteiger partial charge in [-0.15, -0.1) is 0 Å². The molecule has 1 aliphatic rings. The Balaban J connectivity index is 1.93. The van der Waals surface area contributed by atoms with Gasteiger partial charge in [0.15, 0.2) is 11.5 Å². The summed E-state index contributed by atoms with van der Waals surface area (Å²) in [5.41, 5.74) is 1.35. The summed E-state index contributed by atoms with van der Waals surface area (Å²) >= 11 is 6.20. The maximum atomic E-state index is 11.1. The molecule has 0 aliphatic carbocycles. The van der Waals surface area contributed by atoms with Crippen LogP contribution >= 0.6 is 11.6 Å². The van der Waals surface area contributed by atoms with Crippen molar-refractivity contribution in [3.05, 3.63) is 76.5 Å². The molecule has 0 aromatic heterocycles. The van der Waals surface area contributed by atoms with Crippen molar-refractivity contribution in [2.75, 3.05) is 6.61 Å². The van der Waals surface area contributed by atoms with Gasteiger partial charge in [-0.3, -0.25) is 0 Å². The van der Waals surface area contributed by atoms with Crippen molar-refractivity contribution in [2.45, 2.75) is 6.29 Å². The second-order valence-corrected chi connectivity index (χ2v) is 6.59. The van der Waals surface area contributed by atoms with Gasteiger partial charge in [0, 0.05) is 11.1 Å². The Hall–Kier alpha value is -2.06. The van der Waals surface area contributed by atoms with Gasteiger partial charge in [-0.1, -0.05) is 54.1 Å². The molecule has 126 valence electrons. The predicted molar refractivity (Wildman–Crippen MR) is 88.8 cm³/mol. The van der Waals surface area contributed by atoms with Crippen LogP contribution in [0.3, 0.4) is 0 Å². The number of hydrogen-bond donors (Lipinski definition) is 1. The lowest BCUT2D eigenvalue weighted by molar-refractivity contribution is -0.0324. The Morgan fingerprint density at radius 2 is 1.71 bits per heavy atom. The fraction of sp³-hybridized carbons (Fsp3) is 0.125. The highest BCUT2D eigenvalue weighted by atomic mass is 35.5. The Bertz CT molecular complexity index is 867. The first-order valence-corrected chi connectivity index (χ1v) is 8.82.